The lowest BCUT2D eigenvalue weighted by molar-refractivity contribution is 0.423. The van der Waals surface area contributed by atoms with Crippen LogP contribution in [-0.4, -0.2) is 25.2 Å². The number of anilines is 1. The van der Waals surface area contributed by atoms with Crippen LogP contribution in [0, 0.1) is 0 Å². The maximum Gasteiger partial charge on any atom is 0.238 e. The van der Waals surface area contributed by atoms with Crippen LogP contribution in [0.1, 0.15) is 31.9 Å². The SMILES string of the molecule is CC(C)c1cc(NS(=O)(=O)CCCCl)on1. The highest BCUT2D eigenvalue weighted by Crippen LogP contribution is 2.18. The zero-order valence-corrected chi connectivity index (χ0v) is 10.8. The summed E-state index contributed by atoms with van der Waals surface area (Å²) in [6.45, 7) is 3.90. The third kappa shape index (κ3) is 4.02. The van der Waals surface area contributed by atoms with Crippen molar-refractivity contribution in [2.45, 2.75) is 26.2 Å². The maximum atomic E-state index is 11.5. The molecule has 0 aromatic carbocycles. The van der Waals surface area contributed by atoms with Gasteiger partial charge in [-0.15, -0.1) is 11.6 Å². The van der Waals surface area contributed by atoms with E-state index in [2.05, 4.69) is 9.88 Å². The van der Waals surface area contributed by atoms with Gasteiger partial charge in [0.25, 0.3) is 0 Å². The van der Waals surface area contributed by atoms with Crippen molar-refractivity contribution in [2.75, 3.05) is 16.4 Å². The molecule has 92 valence electrons. The molecule has 0 saturated heterocycles. The molecule has 0 saturated carbocycles. The molecule has 0 spiro atoms. The molecule has 16 heavy (non-hydrogen) atoms. The fourth-order valence-electron chi connectivity index (χ4n) is 1.06. The monoisotopic (exact) mass is 266 g/mol. The summed E-state index contributed by atoms with van der Waals surface area (Å²) in [5.41, 5.74) is 0.718. The van der Waals surface area contributed by atoms with Gasteiger partial charge in [-0.1, -0.05) is 19.0 Å². The molecule has 1 rings (SSSR count). The van der Waals surface area contributed by atoms with Crippen LogP contribution >= 0.6 is 11.6 Å². The van der Waals surface area contributed by atoms with Crippen molar-refractivity contribution in [3.05, 3.63) is 11.8 Å². The van der Waals surface area contributed by atoms with Gasteiger partial charge in [-0.3, -0.25) is 4.72 Å². The number of aromatic nitrogens is 1. The van der Waals surface area contributed by atoms with Gasteiger partial charge in [0.15, 0.2) is 0 Å². The Hall–Kier alpha value is -0.750. The summed E-state index contributed by atoms with van der Waals surface area (Å²) < 4.78 is 30.1. The van der Waals surface area contributed by atoms with Gasteiger partial charge < -0.3 is 4.52 Å². The van der Waals surface area contributed by atoms with Gasteiger partial charge >= 0.3 is 0 Å². The van der Waals surface area contributed by atoms with Gasteiger partial charge in [-0.2, -0.15) is 0 Å². The second-order valence-corrected chi connectivity index (χ2v) is 5.95. The first-order valence-electron chi connectivity index (χ1n) is 4.97. The van der Waals surface area contributed by atoms with Crippen LogP contribution in [0.25, 0.3) is 0 Å². The molecule has 1 N–H and O–H groups in total. The normalized spacial score (nSPS) is 12.0. The van der Waals surface area contributed by atoms with Crippen LogP contribution < -0.4 is 4.72 Å². The van der Waals surface area contributed by atoms with Crippen molar-refractivity contribution in [3.8, 4) is 0 Å². The largest absolute Gasteiger partial charge is 0.338 e. The third-order valence-electron chi connectivity index (χ3n) is 1.92. The van der Waals surface area contributed by atoms with Gasteiger partial charge in [-0.05, 0) is 12.3 Å². The van der Waals surface area contributed by atoms with E-state index in [0.29, 0.717) is 12.3 Å². The molecular weight excluding hydrogens is 252 g/mol. The molecule has 1 aromatic heterocycles. The van der Waals surface area contributed by atoms with Crippen LogP contribution in [0.3, 0.4) is 0 Å². The van der Waals surface area contributed by atoms with E-state index < -0.39 is 10.0 Å². The average molecular weight is 267 g/mol. The number of nitrogens with one attached hydrogen (secondary N) is 1. The third-order valence-corrected chi connectivity index (χ3v) is 3.53. The van der Waals surface area contributed by atoms with Crippen LogP contribution in [0.5, 0.6) is 0 Å². The Labute approximate surface area is 100 Å². The van der Waals surface area contributed by atoms with Crippen molar-refractivity contribution >= 4 is 27.5 Å². The molecule has 0 aliphatic rings. The minimum Gasteiger partial charge on any atom is -0.338 e. The number of nitrogens with zero attached hydrogens (tertiary/aromatic N) is 1. The molecule has 0 fully saturated rings. The average Bonchev–Trinajstić information content (AvgIpc) is 2.62. The van der Waals surface area contributed by atoms with E-state index in [1.807, 2.05) is 13.8 Å². The van der Waals surface area contributed by atoms with Crippen molar-refractivity contribution in [1.82, 2.24) is 5.16 Å². The van der Waals surface area contributed by atoms with E-state index in [1.54, 1.807) is 6.07 Å². The van der Waals surface area contributed by atoms with E-state index >= 15 is 0 Å². The van der Waals surface area contributed by atoms with Crippen LogP contribution in [-0.2, 0) is 10.0 Å². The molecule has 0 aliphatic carbocycles. The minimum absolute atomic E-state index is 0.0196. The lowest BCUT2D eigenvalue weighted by atomic mass is 10.1. The molecule has 0 atom stereocenters. The Bertz CT molecular complexity index is 428. The van der Waals surface area contributed by atoms with E-state index in [-0.39, 0.29) is 17.6 Å². The number of rotatable bonds is 6. The van der Waals surface area contributed by atoms with Gasteiger partial charge in [0.05, 0.1) is 11.4 Å². The fourth-order valence-corrected chi connectivity index (χ4v) is 2.38. The highest BCUT2D eigenvalue weighted by molar-refractivity contribution is 7.92. The van der Waals surface area contributed by atoms with Crippen molar-refractivity contribution in [1.29, 1.82) is 0 Å². The lowest BCUT2D eigenvalue weighted by Crippen LogP contribution is -2.16. The van der Waals surface area contributed by atoms with Crippen molar-refractivity contribution in [3.63, 3.8) is 0 Å². The summed E-state index contributed by atoms with van der Waals surface area (Å²) in [6, 6.07) is 1.59. The standard InChI is InChI=1S/C9H15ClN2O3S/c1-7(2)8-6-9(15-11-8)12-16(13,14)5-3-4-10/h6-7,12H,3-5H2,1-2H3. The number of hydrogen-bond acceptors (Lipinski definition) is 4. The van der Waals surface area contributed by atoms with Gasteiger partial charge in [-0.25, -0.2) is 8.42 Å². The molecule has 1 aromatic rings. The summed E-state index contributed by atoms with van der Waals surface area (Å²) in [6.07, 6.45) is 0.405. The summed E-state index contributed by atoms with van der Waals surface area (Å²) in [7, 11) is -3.38. The number of hydrogen-bond donors (Lipinski definition) is 1. The van der Waals surface area contributed by atoms with Crippen LogP contribution in [0.15, 0.2) is 10.6 Å². The molecule has 1 heterocycles. The van der Waals surface area contributed by atoms with Crippen molar-refractivity contribution in [2.24, 2.45) is 0 Å². The molecule has 0 unspecified atom stereocenters. The van der Waals surface area contributed by atoms with Crippen LogP contribution in [0.4, 0.5) is 5.88 Å². The maximum absolute atomic E-state index is 11.5. The Morgan fingerprint density at radius 2 is 2.25 bits per heavy atom. The first-order chi connectivity index (χ1) is 7.44. The Morgan fingerprint density at radius 1 is 1.56 bits per heavy atom. The van der Waals surface area contributed by atoms with E-state index in [9.17, 15) is 8.42 Å². The van der Waals surface area contributed by atoms with Gasteiger partial charge in [0.1, 0.15) is 0 Å². The first kappa shape index (κ1) is 13.3. The predicted molar refractivity (Wildman–Crippen MR) is 63.3 cm³/mol. The number of sulfonamides is 1. The highest BCUT2D eigenvalue weighted by atomic mass is 35.5. The second-order valence-electron chi connectivity index (χ2n) is 3.73. The van der Waals surface area contributed by atoms with E-state index in [4.69, 9.17) is 16.1 Å². The van der Waals surface area contributed by atoms with Crippen molar-refractivity contribution < 1.29 is 12.9 Å². The Morgan fingerprint density at radius 3 is 2.75 bits per heavy atom. The zero-order valence-electron chi connectivity index (χ0n) is 9.23. The van der Waals surface area contributed by atoms with E-state index in [1.165, 1.54) is 0 Å². The molecule has 0 bridgehead atoms. The molecule has 0 amide bonds. The Kier molecular flexibility index (Phi) is 4.61. The zero-order chi connectivity index (χ0) is 12.2. The summed E-state index contributed by atoms with van der Waals surface area (Å²) in [4.78, 5) is 0. The predicted octanol–water partition coefficient (Wildman–Crippen LogP) is 2.17. The van der Waals surface area contributed by atoms with Gasteiger partial charge in [0.2, 0.25) is 15.9 Å². The lowest BCUT2D eigenvalue weighted by Gasteiger charge is -2.02. The van der Waals surface area contributed by atoms with Gasteiger partial charge in [0, 0.05) is 11.9 Å². The Balaban J connectivity index is 2.65. The summed E-state index contributed by atoms with van der Waals surface area (Å²) in [5.74, 6) is 0.645. The quantitative estimate of drug-likeness (QED) is 0.801. The first-order valence-corrected chi connectivity index (χ1v) is 7.16. The molecular formula is C9H15ClN2O3S. The highest BCUT2D eigenvalue weighted by Gasteiger charge is 2.14. The summed E-state index contributed by atoms with van der Waals surface area (Å²) in [5, 5.41) is 3.75. The molecule has 0 aliphatic heterocycles. The number of halogens is 1. The minimum atomic E-state index is -3.38. The fraction of sp³-hybridized carbons (Fsp3) is 0.667. The number of alkyl halides is 1. The van der Waals surface area contributed by atoms with Crippen LogP contribution in [0.2, 0.25) is 0 Å². The molecule has 5 nitrogen and oxygen atoms in total. The van der Waals surface area contributed by atoms with E-state index in [0.717, 1.165) is 5.69 Å². The molecule has 0 radical (unpaired) electrons. The smallest absolute Gasteiger partial charge is 0.238 e. The summed E-state index contributed by atoms with van der Waals surface area (Å²) >= 11 is 5.43. The second kappa shape index (κ2) is 5.54. The molecule has 7 heteroatoms. The topological polar surface area (TPSA) is 72.2 Å².